The standard InChI is InChI=1S/C18H28FN5O2.HI/c1-13(26-16-6-4-3-5-15(16)19)11-22-18(21-2)23-14-7-9-24(10-8-14)12-17(20)25;/h3-6,13-14H,7-12H2,1-2H3,(H2,20,25)(H2,21,22,23);1H. The highest BCUT2D eigenvalue weighted by molar-refractivity contribution is 14.0. The quantitative estimate of drug-likeness (QED) is 0.303. The van der Waals surface area contributed by atoms with Crippen molar-refractivity contribution < 1.29 is 13.9 Å². The summed E-state index contributed by atoms with van der Waals surface area (Å²) in [6.07, 6.45) is 1.60. The van der Waals surface area contributed by atoms with Gasteiger partial charge in [0, 0.05) is 26.2 Å². The third-order valence-corrected chi connectivity index (χ3v) is 4.25. The zero-order valence-corrected chi connectivity index (χ0v) is 18.1. The molecular weight excluding hydrogens is 464 g/mol. The molecule has 1 atom stereocenters. The van der Waals surface area contributed by atoms with Gasteiger partial charge in [-0.25, -0.2) is 4.39 Å². The molecule has 4 N–H and O–H groups in total. The third kappa shape index (κ3) is 8.29. The lowest BCUT2D eigenvalue weighted by Gasteiger charge is -2.32. The molecule has 7 nitrogen and oxygen atoms in total. The summed E-state index contributed by atoms with van der Waals surface area (Å²) in [5, 5.41) is 6.58. The van der Waals surface area contributed by atoms with E-state index < -0.39 is 0 Å². The minimum atomic E-state index is -0.371. The van der Waals surface area contributed by atoms with Gasteiger partial charge < -0.3 is 21.1 Å². The van der Waals surface area contributed by atoms with E-state index in [2.05, 4.69) is 20.5 Å². The number of hydrogen-bond donors (Lipinski definition) is 3. The Labute approximate surface area is 176 Å². The number of benzene rings is 1. The van der Waals surface area contributed by atoms with Crippen LogP contribution in [0.25, 0.3) is 0 Å². The van der Waals surface area contributed by atoms with Gasteiger partial charge in [0.1, 0.15) is 6.10 Å². The number of carbonyl (C=O) groups is 1. The number of piperidine rings is 1. The Kier molecular flexibility index (Phi) is 10.4. The summed E-state index contributed by atoms with van der Waals surface area (Å²) in [6, 6.07) is 6.64. The fourth-order valence-electron chi connectivity index (χ4n) is 2.88. The molecule has 1 aliphatic rings. The highest BCUT2D eigenvalue weighted by atomic mass is 127. The summed E-state index contributed by atoms with van der Waals surface area (Å²) in [6.45, 7) is 4.32. The van der Waals surface area contributed by atoms with Crippen LogP contribution in [0.1, 0.15) is 19.8 Å². The number of ether oxygens (including phenoxy) is 1. The van der Waals surface area contributed by atoms with Crippen molar-refractivity contribution >= 4 is 35.8 Å². The van der Waals surface area contributed by atoms with Crippen LogP contribution in [-0.2, 0) is 4.79 Å². The normalized spacial score (nSPS) is 16.9. The Morgan fingerprint density at radius 3 is 2.67 bits per heavy atom. The zero-order chi connectivity index (χ0) is 18.9. The molecular formula is C18H29FIN5O2. The Hall–Kier alpha value is -1.62. The molecule has 0 saturated carbocycles. The maximum absolute atomic E-state index is 13.6. The summed E-state index contributed by atoms with van der Waals surface area (Å²) < 4.78 is 19.2. The van der Waals surface area contributed by atoms with E-state index in [0.29, 0.717) is 19.0 Å². The highest BCUT2D eigenvalue weighted by Gasteiger charge is 2.21. The molecule has 1 saturated heterocycles. The number of amides is 1. The predicted molar refractivity (Wildman–Crippen MR) is 115 cm³/mol. The summed E-state index contributed by atoms with van der Waals surface area (Å²) in [4.78, 5) is 17.3. The summed E-state index contributed by atoms with van der Waals surface area (Å²) in [5.41, 5.74) is 5.23. The molecule has 1 heterocycles. The lowest BCUT2D eigenvalue weighted by atomic mass is 10.1. The van der Waals surface area contributed by atoms with E-state index in [-0.39, 0.29) is 53.6 Å². The summed E-state index contributed by atoms with van der Waals surface area (Å²) >= 11 is 0. The average Bonchev–Trinajstić information content (AvgIpc) is 2.61. The van der Waals surface area contributed by atoms with Crippen molar-refractivity contribution in [3.8, 4) is 5.75 Å². The fourth-order valence-corrected chi connectivity index (χ4v) is 2.88. The van der Waals surface area contributed by atoms with Gasteiger partial charge in [0.25, 0.3) is 0 Å². The van der Waals surface area contributed by atoms with E-state index >= 15 is 0 Å². The Morgan fingerprint density at radius 1 is 1.41 bits per heavy atom. The topological polar surface area (TPSA) is 92.0 Å². The van der Waals surface area contributed by atoms with Gasteiger partial charge in [-0.15, -0.1) is 24.0 Å². The summed E-state index contributed by atoms with van der Waals surface area (Å²) in [5.74, 6) is 0.260. The van der Waals surface area contributed by atoms with E-state index in [1.165, 1.54) is 6.07 Å². The lowest BCUT2D eigenvalue weighted by Crippen LogP contribution is -2.50. The van der Waals surface area contributed by atoms with Gasteiger partial charge >= 0.3 is 0 Å². The number of hydrogen-bond acceptors (Lipinski definition) is 4. The first kappa shape index (κ1) is 23.4. The Bertz CT molecular complexity index is 624. The molecule has 1 fully saturated rings. The molecule has 0 aliphatic carbocycles. The van der Waals surface area contributed by atoms with Crippen LogP contribution in [0.15, 0.2) is 29.3 Å². The number of primary amides is 1. The molecule has 27 heavy (non-hydrogen) atoms. The number of carbonyl (C=O) groups excluding carboxylic acids is 1. The van der Waals surface area contributed by atoms with Gasteiger partial charge in [-0.3, -0.25) is 14.7 Å². The number of nitrogens with two attached hydrogens (primary N) is 1. The molecule has 0 bridgehead atoms. The van der Waals surface area contributed by atoms with Crippen LogP contribution in [0.3, 0.4) is 0 Å². The first-order valence-electron chi connectivity index (χ1n) is 8.87. The number of likely N-dealkylation sites (tertiary alicyclic amines) is 1. The first-order valence-corrected chi connectivity index (χ1v) is 8.87. The number of nitrogens with one attached hydrogen (secondary N) is 2. The van der Waals surface area contributed by atoms with Gasteiger partial charge in [0.15, 0.2) is 17.5 Å². The molecule has 152 valence electrons. The maximum atomic E-state index is 13.6. The second-order valence-electron chi connectivity index (χ2n) is 6.47. The molecule has 1 unspecified atom stereocenters. The first-order chi connectivity index (χ1) is 12.5. The zero-order valence-electron chi connectivity index (χ0n) is 15.8. The van der Waals surface area contributed by atoms with Crippen molar-refractivity contribution in [1.29, 1.82) is 0 Å². The average molecular weight is 493 g/mol. The molecule has 9 heteroatoms. The number of para-hydroxylation sites is 1. The molecule has 0 radical (unpaired) electrons. The van der Waals surface area contributed by atoms with Crippen molar-refractivity contribution in [2.24, 2.45) is 10.7 Å². The fraction of sp³-hybridized carbons (Fsp3) is 0.556. The number of rotatable bonds is 7. The smallest absolute Gasteiger partial charge is 0.231 e. The van der Waals surface area contributed by atoms with Gasteiger partial charge in [-0.05, 0) is 31.9 Å². The Morgan fingerprint density at radius 2 is 2.07 bits per heavy atom. The molecule has 1 amide bonds. The largest absolute Gasteiger partial charge is 0.486 e. The van der Waals surface area contributed by atoms with Crippen molar-refractivity contribution in [2.75, 3.05) is 33.2 Å². The van der Waals surface area contributed by atoms with Gasteiger partial charge in [-0.1, -0.05) is 12.1 Å². The molecule has 2 rings (SSSR count). The van der Waals surface area contributed by atoms with Crippen molar-refractivity contribution in [3.63, 3.8) is 0 Å². The minimum Gasteiger partial charge on any atom is -0.486 e. The third-order valence-electron chi connectivity index (χ3n) is 4.25. The van der Waals surface area contributed by atoms with Crippen LogP contribution in [0.4, 0.5) is 4.39 Å². The van der Waals surface area contributed by atoms with E-state index in [4.69, 9.17) is 10.5 Å². The van der Waals surface area contributed by atoms with Crippen molar-refractivity contribution in [2.45, 2.75) is 31.9 Å². The van der Waals surface area contributed by atoms with Crippen molar-refractivity contribution in [1.82, 2.24) is 15.5 Å². The number of aliphatic imine (C=N–C) groups is 1. The van der Waals surface area contributed by atoms with Crippen LogP contribution < -0.4 is 21.1 Å². The van der Waals surface area contributed by atoms with Crippen LogP contribution in [0, 0.1) is 5.82 Å². The van der Waals surface area contributed by atoms with Gasteiger partial charge in [0.2, 0.25) is 5.91 Å². The minimum absolute atomic E-state index is 0. The maximum Gasteiger partial charge on any atom is 0.231 e. The molecule has 0 spiro atoms. The number of guanidine groups is 1. The van der Waals surface area contributed by atoms with E-state index in [1.54, 1.807) is 25.2 Å². The monoisotopic (exact) mass is 493 g/mol. The van der Waals surface area contributed by atoms with Crippen LogP contribution >= 0.6 is 24.0 Å². The molecule has 1 aliphatic heterocycles. The van der Waals surface area contributed by atoms with Crippen LogP contribution in [0.2, 0.25) is 0 Å². The van der Waals surface area contributed by atoms with E-state index in [9.17, 15) is 9.18 Å². The second kappa shape index (κ2) is 12.0. The molecule has 1 aromatic rings. The second-order valence-corrected chi connectivity index (χ2v) is 6.47. The SMILES string of the molecule is CN=C(NCC(C)Oc1ccccc1F)NC1CCN(CC(N)=O)CC1.I. The van der Waals surface area contributed by atoms with Gasteiger partial charge in [-0.2, -0.15) is 0 Å². The van der Waals surface area contributed by atoms with Crippen LogP contribution in [0.5, 0.6) is 5.75 Å². The van der Waals surface area contributed by atoms with Gasteiger partial charge in [0.05, 0.1) is 13.1 Å². The summed E-state index contributed by atoms with van der Waals surface area (Å²) in [7, 11) is 1.71. The van der Waals surface area contributed by atoms with E-state index in [0.717, 1.165) is 25.9 Å². The number of nitrogens with zero attached hydrogens (tertiary/aromatic N) is 2. The van der Waals surface area contributed by atoms with E-state index in [1.807, 2.05) is 6.92 Å². The lowest BCUT2D eigenvalue weighted by molar-refractivity contribution is -0.119. The van der Waals surface area contributed by atoms with Crippen LogP contribution in [-0.4, -0.2) is 62.1 Å². The predicted octanol–water partition coefficient (Wildman–Crippen LogP) is 1.33. The number of halogens is 2. The molecule has 1 aromatic carbocycles. The Balaban J connectivity index is 0.00000364. The van der Waals surface area contributed by atoms with Crippen molar-refractivity contribution in [3.05, 3.63) is 30.1 Å². The molecule has 0 aromatic heterocycles. The highest BCUT2D eigenvalue weighted by Crippen LogP contribution is 2.16.